The number of rotatable bonds is 4. The fraction of sp³-hybridized carbons (Fsp3) is 0.0238. The molecule has 216 valence electrons. The zero-order valence-corrected chi connectivity index (χ0v) is 24.8. The van der Waals surface area contributed by atoms with Crippen LogP contribution in [0, 0.1) is 0 Å². The molecule has 4 heteroatoms. The van der Waals surface area contributed by atoms with Crippen molar-refractivity contribution in [3.05, 3.63) is 175 Å². The van der Waals surface area contributed by atoms with Crippen molar-refractivity contribution in [2.45, 2.75) is 5.92 Å². The van der Waals surface area contributed by atoms with Crippen molar-refractivity contribution in [2.75, 3.05) is 0 Å². The van der Waals surface area contributed by atoms with Crippen molar-refractivity contribution < 1.29 is 4.42 Å². The lowest BCUT2D eigenvalue weighted by molar-refractivity contribution is 0.631. The fourth-order valence-corrected chi connectivity index (χ4v) is 6.69. The molecule has 46 heavy (non-hydrogen) atoms. The van der Waals surface area contributed by atoms with Crippen LogP contribution in [0.4, 0.5) is 0 Å². The van der Waals surface area contributed by atoms with Gasteiger partial charge in [0.2, 0.25) is 0 Å². The summed E-state index contributed by atoms with van der Waals surface area (Å²) >= 11 is 0. The maximum Gasteiger partial charge on any atom is 0.163 e. The van der Waals surface area contributed by atoms with Crippen LogP contribution in [0.5, 0.6) is 0 Å². The largest absolute Gasteiger partial charge is 0.455 e. The van der Waals surface area contributed by atoms with Crippen LogP contribution in [-0.2, 0) is 0 Å². The third kappa shape index (κ3) is 4.34. The molecule has 0 saturated carbocycles. The van der Waals surface area contributed by atoms with Crippen LogP contribution >= 0.6 is 0 Å². The third-order valence-electron chi connectivity index (χ3n) is 8.83. The molecule has 4 nitrogen and oxygen atoms in total. The van der Waals surface area contributed by atoms with E-state index in [0.29, 0.717) is 17.5 Å². The molecule has 0 amide bonds. The highest BCUT2D eigenvalue weighted by molar-refractivity contribution is 6.04. The molecule has 6 aromatic carbocycles. The molecule has 0 bridgehead atoms. The Kier molecular flexibility index (Phi) is 6.17. The van der Waals surface area contributed by atoms with E-state index >= 15 is 0 Å². The second-order valence-corrected chi connectivity index (χ2v) is 11.6. The van der Waals surface area contributed by atoms with Crippen LogP contribution in [-0.4, -0.2) is 15.0 Å². The molecule has 1 unspecified atom stereocenters. The smallest absolute Gasteiger partial charge is 0.163 e. The van der Waals surface area contributed by atoms with Gasteiger partial charge in [-0.3, -0.25) is 0 Å². The molecule has 8 aromatic rings. The van der Waals surface area contributed by atoms with Gasteiger partial charge in [-0.05, 0) is 39.9 Å². The predicted octanol–water partition coefficient (Wildman–Crippen LogP) is 10.4. The SMILES string of the molecule is c1ccc(-c2ccc3c(c2)-c2c(oc4ccccc24)-c2ccccc2C3c2nc(-c3ccccc3)nc(-c3ccccc3)n2)cc1. The molecule has 0 fully saturated rings. The molecular formula is C42H27N3O. The minimum absolute atomic E-state index is 0.273. The maximum absolute atomic E-state index is 6.72. The van der Waals surface area contributed by atoms with Gasteiger partial charge in [0.25, 0.3) is 0 Å². The average Bonchev–Trinajstić information content (AvgIpc) is 3.47. The van der Waals surface area contributed by atoms with E-state index in [-0.39, 0.29) is 5.92 Å². The minimum atomic E-state index is -0.273. The number of fused-ring (bicyclic) bond motifs is 7. The van der Waals surface area contributed by atoms with Crippen molar-refractivity contribution in [2.24, 2.45) is 0 Å². The summed E-state index contributed by atoms with van der Waals surface area (Å²) in [6.45, 7) is 0. The summed E-state index contributed by atoms with van der Waals surface area (Å²) in [5.74, 6) is 2.59. The summed E-state index contributed by atoms with van der Waals surface area (Å²) in [7, 11) is 0. The molecule has 0 spiro atoms. The molecule has 1 atom stereocenters. The van der Waals surface area contributed by atoms with E-state index in [1.807, 2.05) is 42.5 Å². The van der Waals surface area contributed by atoms with Gasteiger partial charge in [0.05, 0.1) is 5.92 Å². The zero-order valence-electron chi connectivity index (χ0n) is 24.8. The molecule has 1 aliphatic rings. The Morgan fingerprint density at radius 1 is 0.435 bits per heavy atom. The molecule has 2 heterocycles. The van der Waals surface area contributed by atoms with Gasteiger partial charge in [-0.15, -0.1) is 0 Å². The van der Waals surface area contributed by atoms with Crippen LogP contribution in [0.15, 0.2) is 162 Å². The van der Waals surface area contributed by atoms with E-state index in [1.54, 1.807) is 0 Å². The fourth-order valence-electron chi connectivity index (χ4n) is 6.69. The maximum atomic E-state index is 6.72. The van der Waals surface area contributed by atoms with E-state index in [4.69, 9.17) is 19.4 Å². The van der Waals surface area contributed by atoms with Crippen LogP contribution in [0.2, 0.25) is 0 Å². The Morgan fingerprint density at radius 2 is 1.00 bits per heavy atom. The Labute approximate surface area is 266 Å². The van der Waals surface area contributed by atoms with Gasteiger partial charge < -0.3 is 4.42 Å². The summed E-state index contributed by atoms with van der Waals surface area (Å²) in [5, 5.41) is 1.09. The van der Waals surface area contributed by atoms with Crippen molar-refractivity contribution in [1.29, 1.82) is 0 Å². The molecule has 0 N–H and O–H groups in total. The number of nitrogens with zero attached hydrogens (tertiary/aromatic N) is 3. The van der Waals surface area contributed by atoms with Crippen molar-refractivity contribution in [3.8, 4) is 56.4 Å². The number of furan rings is 1. The first-order chi connectivity index (χ1) is 22.8. The summed E-state index contributed by atoms with van der Waals surface area (Å²) in [4.78, 5) is 15.4. The highest BCUT2D eigenvalue weighted by atomic mass is 16.3. The first-order valence-electron chi connectivity index (χ1n) is 15.5. The summed E-state index contributed by atoms with van der Waals surface area (Å²) < 4.78 is 6.72. The van der Waals surface area contributed by atoms with Crippen LogP contribution < -0.4 is 0 Å². The highest BCUT2D eigenvalue weighted by Crippen LogP contribution is 2.52. The van der Waals surface area contributed by atoms with E-state index in [1.165, 1.54) is 0 Å². The lowest BCUT2D eigenvalue weighted by Gasteiger charge is -2.21. The van der Waals surface area contributed by atoms with Gasteiger partial charge in [-0.2, -0.15) is 0 Å². The number of hydrogen-bond acceptors (Lipinski definition) is 4. The number of benzene rings is 6. The monoisotopic (exact) mass is 589 g/mol. The van der Waals surface area contributed by atoms with Crippen molar-refractivity contribution in [1.82, 2.24) is 15.0 Å². The van der Waals surface area contributed by atoms with Gasteiger partial charge in [0, 0.05) is 27.6 Å². The lowest BCUT2D eigenvalue weighted by Crippen LogP contribution is -2.12. The van der Waals surface area contributed by atoms with E-state index < -0.39 is 0 Å². The Balaban J connectivity index is 1.37. The molecule has 1 aliphatic carbocycles. The summed E-state index contributed by atoms with van der Waals surface area (Å²) in [6, 6.07) is 54.4. The third-order valence-corrected chi connectivity index (χ3v) is 8.83. The van der Waals surface area contributed by atoms with Crippen LogP contribution in [0.1, 0.15) is 22.9 Å². The van der Waals surface area contributed by atoms with E-state index in [2.05, 4.69) is 115 Å². The lowest BCUT2D eigenvalue weighted by atomic mass is 9.85. The van der Waals surface area contributed by atoms with Crippen LogP contribution in [0.3, 0.4) is 0 Å². The highest BCUT2D eigenvalue weighted by Gasteiger charge is 2.34. The van der Waals surface area contributed by atoms with Crippen LogP contribution in [0.25, 0.3) is 67.3 Å². The number of hydrogen-bond donors (Lipinski definition) is 0. The number of para-hydroxylation sites is 1. The number of aromatic nitrogens is 3. The first kappa shape index (κ1) is 26.3. The van der Waals surface area contributed by atoms with E-state index in [0.717, 1.165) is 66.8 Å². The molecule has 0 radical (unpaired) electrons. The van der Waals surface area contributed by atoms with Gasteiger partial charge in [0.1, 0.15) is 17.2 Å². The molecule has 2 aromatic heterocycles. The zero-order chi connectivity index (χ0) is 30.5. The molecular weight excluding hydrogens is 562 g/mol. The Bertz CT molecular complexity index is 2310. The summed E-state index contributed by atoms with van der Waals surface area (Å²) in [5.41, 5.74) is 10.5. The standard InChI is InChI=1S/C42H27N3O/c1-4-14-27(15-5-1)30-24-25-32-35(26-30)37-34-22-12-13-23-36(34)46-39(37)33-21-11-10-20-31(33)38(32)42-44-40(28-16-6-2-7-17-28)43-41(45-42)29-18-8-3-9-19-29/h1-26,38H. The van der Waals surface area contributed by atoms with Crippen molar-refractivity contribution in [3.63, 3.8) is 0 Å². The second kappa shape index (κ2) is 10.8. The van der Waals surface area contributed by atoms with Gasteiger partial charge in [0.15, 0.2) is 11.6 Å². The molecule has 0 aliphatic heterocycles. The quantitative estimate of drug-likeness (QED) is 0.205. The summed E-state index contributed by atoms with van der Waals surface area (Å²) in [6.07, 6.45) is 0. The molecule has 9 rings (SSSR count). The van der Waals surface area contributed by atoms with E-state index in [9.17, 15) is 0 Å². The molecule has 0 saturated heterocycles. The van der Waals surface area contributed by atoms with Crippen molar-refractivity contribution >= 4 is 11.0 Å². The average molecular weight is 590 g/mol. The normalized spacial score (nSPS) is 13.4. The first-order valence-corrected chi connectivity index (χ1v) is 15.5. The second-order valence-electron chi connectivity index (χ2n) is 11.6. The minimum Gasteiger partial charge on any atom is -0.455 e. The van der Waals surface area contributed by atoms with Gasteiger partial charge >= 0.3 is 0 Å². The van der Waals surface area contributed by atoms with Gasteiger partial charge in [-0.1, -0.05) is 146 Å². The topological polar surface area (TPSA) is 51.8 Å². The van der Waals surface area contributed by atoms with Gasteiger partial charge in [-0.25, -0.2) is 15.0 Å². The Morgan fingerprint density at radius 3 is 1.70 bits per heavy atom. The Hall–Kier alpha value is -6.13. The predicted molar refractivity (Wildman–Crippen MR) is 184 cm³/mol.